The van der Waals surface area contributed by atoms with Crippen LogP contribution >= 0.6 is 0 Å². The molecule has 0 aliphatic heterocycles. The first-order chi connectivity index (χ1) is 17.9. The standard InChI is InChI=1S/C29H38N4O3S.ClH/c1-32(2)37(35,36)24-19-17-22(18-20-24)28-31-25-15-9-10-16-26(25)33(28)27(21-11-5-3-6-12-21)29(34)30-23-13-7-4-8-14-23;/h9-10,15-21,23,27H,3-8,11-14H2,1-2H3,(H,30,34);1H. The summed E-state index contributed by atoms with van der Waals surface area (Å²) in [6, 6.07) is 14.8. The summed E-state index contributed by atoms with van der Waals surface area (Å²) in [5.41, 5.74) is 2.59. The van der Waals surface area contributed by atoms with Crippen molar-refractivity contribution in [1.29, 1.82) is 0 Å². The number of halogens is 1. The zero-order valence-corrected chi connectivity index (χ0v) is 23.8. The van der Waals surface area contributed by atoms with Gasteiger partial charge in [0.2, 0.25) is 15.9 Å². The molecule has 2 fully saturated rings. The molecule has 0 saturated heterocycles. The van der Waals surface area contributed by atoms with Crippen molar-refractivity contribution < 1.29 is 27.0 Å². The minimum atomic E-state index is -3.53. The third-order valence-electron chi connectivity index (χ3n) is 8.08. The highest BCUT2D eigenvalue weighted by atomic mass is 35.5. The van der Waals surface area contributed by atoms with Crippen LogP contribution in [0.5, 0.6) is 0 Å². The number of sulfonamides is 1. The van der Waals surface area contributed by atoms with E-state index in [2.05, 4.69) is 9.88 Å². The number of hydrogen-bond donors (Lipinski definition) is 1. The van der Waals surface area contributed by atoms with Crippen molar-refractivity contribution in [3.05, 3.63) is 48.5 Å². The highest BCUT2D eigenvalue weighted by molar-refractivity contribution is 7.89. The summed E-state index contributed by atoms with van der Waals surface area (Å²) in [4.78, 5) is 19.3. The minimum Gasteiger partial charge on any atom is -1.00 e. The molecule has 206 valence electrons. The number of para-hydroxylation sites is 2. The van der Waals surface area contributed by atoms with Crippen LogP contribution in [0.1, 0.15) is 71.7 Å². The lowest BCUT2D eigenvalue weighted by Gasteiger charge is -2.33. The maximum atomic E-state index is 14.1. The van der Waals surface area contributed by atoms with Gasteiger partial charge in [-0.3, -0.25) is 4.79 Å². The number of amides is 1. The molecule has 1 aromatic heterocycles. The van der Waals surface area contributed by atoms with Gasteiger partial charge in [0.25, 0.3) is 0 Å². The summed E-state index contributed by atoms with van der Waals surface area (Å²) < 4.78 is 28.6. The van der Waals surface area contributed by atoms with Gasteiger partial charge in [-0.05, 0) is 68.0 Å². The van der Waals surface area contributed by atoms with E-state index >= 15 is 0 Å². The Morgan fingerprint density at radius 1 is 0.947 bits per heavy atom. The van der Waals surface area contributed by atoms with Crippen molar-refractivity contribution in [3.63, 3.8) is 0 Å². The topological polar surface area (TPSA) is 84.3 Å². The average molecular weight is 559 g/mol. The fourth-order valence-corrected chi connectivity index (χ4v) is 6.94. The highest BCUT2D eigenvalue weighted by Gasteiger charge is 2.35. The van der Waals surface area contributed by atoms with Gasteiger partial charge in [0.15, 0.2) is 0 Å². The number of hydrogen-bond acceptors (Lipinski definition) is 4. The smallest absolute Gasteiger partial charge is 1.00 e. The molecule has 2 aliphatic carbocycles. The van der Waals surface area contributed by atoms with Crippen LogP contribution in [-0.2, 0) is 14.8 Å². The Balaban J connectivity index is 0.00000210. The van der Waals surface area contributed by atoms with Crippen LogP contribution < -0.4 is 17.7 Å². The molecule has 38 heavy (non-hydrogen) atoms. The Morgan fingerprint density at radius 3 is 2.18 bits per heavy atom. The van der Waals surface area contributed by atoms with Crippen LogP contribution in [0.25, 0.3) is 22.4 Å². The predicted molar refractivity (Wildman–Crippen MR) is 148 cm³/mol. The Bertz CT molecular complexity index is 1350. The van der Waals surface area contributed by atoms with E-state index < -0.39 is 10.0 Å². The molecule has 2 aromatic carbocycles. The lowest BCUT2D eigenvalue weighted by atomic mass is 9.82. The summed E-state index contributed by atoms with van der Waals surface area (Å²) in [7, 11) is -0.472. The third kappa shape index (κ3) is 5.77. The van der Waals surface area contributed by atoms with E-state index in [0.29, 0.717) is 5.82 Å². The molecule has 1 heterocycles. The second kappa shape index (κ2) is 12.2. The second-order valence-corrected chi connectivity index (χ2v) is 12.9. The normalized spacial score (nSPS) is 18.3. The van der Waals surface area contributed by atoms with Crippen LogP contribution in [0, 0.1) is 5.92 Å². The van der Waals surface area contributed by atoms with Crippen molar-refractivity contribution in [2.45, 2.75) is 81.2 Å². The highest BCUT2D eigenvalue weighted by Crippen LogP contribution is 2.39. The van der Waals surface area contributed by atoms with E-state index in [-0.39, 0.29) is 42.6 Å². The number of benzene rings is 2. The van der Waals surface area contributed by atoms with Crippen molar-refractivity contribution in [3.8, 4) is 11.4 Å². The minimum absolute atomic E-state index is 0. The van der Waals surface area contributed by atoms with Crippen LogP contribution in [-0.4, -0.2) is 48.3 Å². The molecule has 0 spiro atoms. The molecule has 5 rings (SSSR count). The van der Waals surface area contributed by atoms with Gasteiger partial charge in [-0.15, -0.1) is 0 Å². The summed E-state index contributed by atoms with van der Waals surface area (Å²) in [5, 5.41) is 3.42. The number of aromatic nitrogens is 2. The summed E-state index contributed by atoms with van der Waals surface area (Å²) in [5.74, 6) is 1.04. The molecule has 1 atom stereocenters. The zero-order chi connectivity index (χ0) is 26.0. The first-order valence-corrected chi connectivity index (χ1v) is 15.1. The molecule has 2 aliphatic rings. The molecule has 0 bridgehead atoms. The number of nitrogens with zero attached hydrogens (tertiary/aromatic N) is 3. The van der Waals surface area contributed by atoms with Crippen molar-refractivity contribution in [2.75, 3.05) is 14.1 Å². The number of imidazole rings is 1. The van der Waals surface area contributed by atoms with Gasteiger partial charge in [0.1, 0.15) is 11.9 Å². The first kappa shape index (κ1) is 28.6. The monoisotopic (exact) mass is 558 g/mol. The number of carbonyl (C=O) groups excluding carboxylic acids is 1. The van der Waals surface area contributed by atoms with E-state index in [0.717, 1.165) is 55.1 Å². The van der Waals surface area contributed by atoms with Gasteiger partial charge in [-0.25, -0.2) is 17.7 Å². The van der Waals surface area contributed by atoms with E-state index in [1.807, 2.05) is 36.4 Å². The fraction of sp³-hybridized carbons (Fsp3) is 0.517. The molecular weight excluding hydrogens is 520 g/mol. The summed E-state index contributed by atoms with van der Waals surface area (Å²) in [6.45, 7) is 0. The maximum Gasteiger partial charge on any atom is 1.00 e. The molecule has 9 heteroatoms. The Morgan fingerprint density at radius 2 is 1.55 bits per heavy atom. The van der Waals surface area contributed by atoms with Gasteiger partial charge in [-0.2, -0.15) is 0 Å². The molecule has 7 nitrogen and oxygen atoms in total. The molecule has 1 N–H and O–H groups in total. The number of nitrogens with one attached hydrogen (secondary N) is 1. The van der Waals surface area contributed by atoms with E-state index in [1.54, 1.807) is 12.1 Å². The molecule has 1 unspecified atom stereocenters. The fourth-order valence-electron chi connectivity index (χ4n) is 6.04. The lowest BCUT2D eigenvalue weighted by Crippen LogP contribution is -3.00. The Kier molecular flexibility index (Phi) is 9.16. The predicted octanol–water partition coefficient (Wildman–Crippen LogP) is 2.64. The van der Waals surface area contributed by atoms with Crippen molar-refractivity contribution >= 4 is 27.0 Å². The number of fused-ring (bicyclic) bond motifs is 1. The van der Waals surface area contributed by atoms with Crippen LogP contribution in [0.2, 0.25) is 0 Å². The Hall–Kier alpha value is -2.42. The molecule has 3 aromatic rings. The van der Waals surface area contributed by atoms with Gasteiger partial charge >= 0.3 is 1.43 Å². The molecule has 2 saturated carbocycles. The van der Waals surface area contributed by atoms with E-state index in [4.69, 9.17) is 4.98 Å². The second-order valence-electron chi connectivity index (χ2n) is 10.8. The van der Waals surface area contributed by atoms with Crippen LogP contribution in [0.4, 0.5) is 0 Å². The van der Waals surface area contributed by atoms with Gasteiger partial charge < -0.3 is 22.3 Å². The van der Waals surface area contributed by atoms with E-state index in [1.165, 1.54) is 44.1 Å². The summed E-state index contributed by atoms with van der Waals surface area (Å²) >= 11 is 0. The molecular formula is C29H39ClN4O3S. The Labute approximate surface area is 234 Å². The van der Waals surface area contributed by atoms with Gasteiger partial charge in [0.05, 0.1) is 15.9 Å². The molecule has 0 radical (unpaired) electrons. The molecule has 1 amide bonds. The zero-order valence-electron chi connectivity index (χ0n) is 23.3. The van der Waals surface area contributed by atoms with Gasteiger partial charge in [-0.1, -0.05) is 50.7 Å². The lowest BCUT2D eigenvalue weighted by molar-refractivity contribution is -0.127. The number of carbonyl (C=O) groups is 1. The third-order valence-corrected chi connectivity index (χ3v) is 9.91. The average Bonchev–Trinajstić information content (AvgIpc) is 3.29. The summed E-state index contributed by atoms with van der Waals surface area (Å²) in [6.07, 6.45) is 11.2. The van der Waals surface area contributed by atoms with Crippen molar-refractivity contribution in [1.82, 2.24) is 19.2 Å². The maximum absolute atomic E-state index is 14.1. The number of rotatable bonds is 7. The van der Waals surface area contributed by atoms with Crippen LogP contribution in [0.15, 0.2) is 53.4 Å². The van der Waals surface area contributed by atoms with Crippen LogP contribution in [0.3, 0.4) is 0 Å². The van der Waals surface area contributed by atoms with E-state index in [9.17, 15) is 13.2 Å². The SMILES string of the molecule is CN(C)S(=O)(=O)c1ccc(-c2nc3ccccc3n2C(C(=O)NC2CCCCC2)C2CCCCC2)cc1.[Cl-].[H+]. The van der Waals surface area contributed by atoms with Gasteiger partial charge in [0, 0.05) is 25.7 Å². The van der Waals surface area contributed by atoms with Crippen molar-refractivity contribution in [2.24, 2.45) is 5.92 Å². The largest absolute Gasteiger partial charge is 1.00 e. The quantitative estimate of drug-likeness (QED) is 0.483. The first-order valence-electron chi connectivity index (χ1n) is 13.7.